The lowest BCUT2D eigenvalue weighted by Gasteiger charge is -2.32. The first kappa shape index (κ1) is 19.1. The van der Waals surface area contributed by atoms with E-state index in [0.29, 0.717) is 11.4 Å². The first-order valence-electron chi connectivity index (χ1n) is 8.68. The van der Waals surface area contributed by atoms with E-state index in [1.54, 1.807) is 50.2 Å². The van der Waals surface area contributed by atoms with E-state index in [9.17, 15) is 19.7 Å². The highest BCUT2D eigenvalue weighted by Gasteiger charge is 2.49. The quantitative estimate of drug-likeness (QED) is 0.468. The molecule has 1 N–H and O–H groups in total. The first-order valence-corrected chi connectivity index (χ1v) is 8.68. The minimum Gasteiger partial charge on any atom is -0.464 e. The van der Waals surface area contributed by atoms with Crippen molar-refractivity contribution in [1.82, 2.24) is 0 Å². The molecule has 1 aliphatic heterocycles. The maximum atomic E-state index is 13.1. The molecular weight excluding hydrogens is 362 g/mol. The number of carbonyl (C=O) groups is 2. The number of hydrogen-bond donors (Lipinski definition) is 1. The Labute approximate surface area is 161 Å². The van der Waals surface area contributed by atoms with E-state index in [1.165, 1.54) is 29.2 Å². The monoisotopic (exact) mass is 381 g/mol. The van der Waals surface area contributed by atoms with Crippen LogP contribution in [0.2, 0.25) is 0 Å². The highest BCUT2D eigenvalue weighted by molar-refractivity contribution is 6.16. The Morgan fingerprint density at radius 1 is 1.21 bits per heavy atom. The van der Waals surface area contributed by atoms with Crippen LogP contribution in [0.4, 0.5) is 17.1 Å². The molecule has 28 heavy (non-hydrogen) atoms. The van der Waals surface area contributed by atoms with Crippen molar-refractivity contribution in [1.29, 1.82) is 0 Å². The normalized spacial score (nSPS) is 18.6. The van der Waals surface area contributed by atoms with E-state index in [1.807, 2.05) is 0 Å². The van der Waals surface area contributed by atoms with Crippen LogP contribution in [0.25, 0.3) is 0 Å². The Kier molecular flexibility index (Phi) is 5.12. The molecule has 0 unspecified atom stereocenters. The van der Waals surface area contributed by atoms with Gasteiger partial charge in [0.15, 0.2) is 5.54 Å². The summed E-state index contributed by atoms with van der Waals surface area (Å²) in [6.07, 6.45) is 1.49. The number of nitrogens with zero attached hydrogens (tertiary/aromatic N) is 2. The lowest BCUT2D eigenvalue weighted by Crippen LogP contribution is -2.51. The van der Waals surface area contributed by atoms with Crippen LogP contribution in [-0.4, -0.2) is 28.9 Å². The van der Waals surface area contributed by atoms with Crippen molar-refractivity contribution < 1.29 is 19.2 Å². The van der Waals surface area contributed by atoms with Crippen LogP contribution >= 0.6 is 0 Å². The van der Waals surface area contributed by atoms with E-state index in [4.69, 9.17) is 4.74 Å². The number of esters is 1. The van der Waals surface area contributed by atoms with Crippen molar-refractivity contribution >= 4 is 28.9 Å². The smallest absolute Gasteiger partial charge is 0.336 e. The van der Waals surface area contributed by atoms with Crippen LogP contribution in [0.15, 0.2) is 66.4 Å². The molecule has 1 heterocycles. The SMILES string of the molecule is CCOC(=O)[C@@]1(C)C=C(Nc2cccc([N+](=O)[O-])c2)C(=O)N1c1ccccc1. The van der Waals surface area contributed by atoms with Crippen LogP contribution in [0.1, 0.15) is 13.8 Å². The van der Waals surface area contributed by atoms with Gasteiger partial charge >= 0.3 is 5.97 Å². The van der Waals surface area contributed by atoms with Gasteiger partial charge in [-0.1, -0.05) is 24.3 Å². The van der Waals surface area contributed by atoms with Gasteiger partial charge in [0, 0.05) is 23.5 Å². The zero-order valence-electron chi connectivity index (χ0n) is 15.4. The molecule has 1 amide bonds. The fourth-order valence-electron chi connectivity index (χ4n) is 3.07. The molecule has 1 aliphatic rings. The molecular formula is C20H19N3O5. The highest BCUT2D eigenvalue weighted by Crippen LogP contribution is 2.35. The molecule has 3 rings (SSSR count). The third kappa shape index (κ3) is 3.44. The van der Waals surface area contributed by atoms with Crippen LogP contribution < -0.4 is 10.2 Å². The summed E-state index contributed by atoms with van der Waals surface area (Å²) in [6.45, 7) is 3.46. The predicted molar refractivity (Wildman–Crippen MR) is 104 cm³/mol. The Morgan fingerprint density at radius 2 is 1.93 bits per heavy atom. The summed E-state index contributed by atoms with van der Waals surface area (Å²) in [5.41, 5.74) is -0.411. The van der Waals surface area contributed by atoms with Gasteiger partial charge in [0.2, 0.25) is 0 Å². The van der Waals surface area contributed by atoms with E-state index in [0.717, 1.165) is 0 Å². The van der Waals surface area contributed by atoms with Crippen molar-refractivity contribution in [3.05, 3.63) is 76.5 Å². The third-order valence-electron chi connectivity index (χ3n) is 4.36. The third-order valence-corrected chi connectivity index (χ3v) is 4.36. The van der Waals surface area contributed by atoms with Crippen molar-refractivity contribution in [3.8, 4) is 0 Å². The lowest BCUT2D eigenvalue weighted by atomic mass is 10.0. The maximum absolute atomic E-state index is 13.1. The van der Waals surface area contributed by atoms with Gasteiger partial charge in [-0.25, -0.2) is 4.79 Å². The zero-order chi connectivity index (χ0) is 20.3. The molecule has 0 radical (unpaired) electrons. The highest BCUT2D eigenvalue weighted by atomic mass is 16.6. The molecule has 0 bridgehead atoms. The van der Waals surface area contributed by atoms with E-state index in [-0.39, 0.29) is 18.0 Å². The number of nitro groups is 1. The standard InChI is InChI=1S/C20H19N3O5/c1-3-28-19(25)20(2)13-17(18(24)22(20)15-9-5-4-6-10-15)21-14-8-7-11-16(12-14)23(26)27/h4-13,21H,3H2,1-2H3/t20-/m1/s1. The van der Waals surface area contributed by atoms with Gasteiger partial charge in [0.1, 0.15) is 5.70 Å². The molecule has 0 saturated heterocycles. The van der Waals surface area contributed by atoms with Crippen LogP contribution in [0.5, 0.6) is 0 Å². The zero-order valence-corrected chi connectivity index (χ0v) is 15.4. The van der Waals surface area contributed by atoms with Gasteiger partial charge in [-0.2, -0.15) is 0 Å². The largest absolute Gasteiger partial charge is 0.464 e. The molecule has 8 nitrogen and oxygen atoms in total. The van der Waals surface area contributed by atoms with E-state index < -0.39 is 22.3 Å². The number of ether oxygens (including phenoxy) is 1. The van der Waals surface area contributed by atoms with E-state index in [2.05, 4.69) is 5.32 Å². The van der Waals surface area contributed by atoms with E-state index >= 15 is 0 Å². The number of anilines is 2. The van der Waals surface area contributed by atoms with Gasteiger partial charge in [-0.15, -0.1) is 0 Å². The average Bonchev–Trinajstić information content (AvgIpc) is 2.94. The summed E-state index contributed by atoms with van der Waals surface area (Å²) < 4.78 is 5.18. The minimum absolute atomic E-state index is 0.107. The Balaban J connectivity index is 2.00. The summed E-state index contributed by atoms with van der Waals surface area (Å²) in [7, 11) is 0. The Bertz CT molecular complexity index is 957. The second kappa shape index (κ2) is 7.51. The van der Waals surface area contributed by atoms with Gasteiger partial charge in [-0.3, -0.25) is 19.8 Å². The maximum Gasteiger partial charge on any atom is 0.336 e. The number of hydrogen-bond acceptors (Lipinski definition) is 6. The molecule has 0 saturated carbocycles. The second-order valence-corrected chi connectivity index (χ2v) is 6.33. The summed E-state index contributed by atoms with van der Waals surface area (Å²) in [5, 5.41) is 13.9. The molecule has 0 aliphatic carbocycles. The molecule has 144 valence electrons. The molecule has 0 spiro atoms. The number of carbonyl (C=O) groups excluding carboxylic acids is 2. The van der Waals surface area contributed by atoms with Crippen molar-refractivity contribution in [2.45, 2.75) is 19.4 Å². The first-order chi connectivity index (χ1) is 13.4. The molecule has 1 atom stereocenters. The van der Waals surface area contributed by atoms with Gasteiger partial charge in [-0.05, 0) is 38.1 Å². The fourth-order valence-corrected chi connectivity index (χ4v) is 3.07. The van der Waals surface area contributed by atoms with Crippen LogP contribution in [-0.2, 0) is 14.3 Å². The number of nitro benzene ring substituents is 1. The number of non-ortho nitro benzene ring substituents is 1. The molecule has 0 fully saturated rings. The van der Waals surface area contributed by atoms with Crippen LogP contribution in [0, 0.1) is 10.1 Å². The predicted octanol–water partition coefficient (Wildman–Crippen LogP) is 3.26. The topological polar surface area (TPSA) is 102 Å². The summed E-state index contributed by atoms with van der Waals surface area (Å²) in [4.78, 5) is 37.6. The molecule has 2 aromatic carbocycles. The summed E-state index contributed by atoms with van der Waals surface area (Å²) in [5.74, 6) is -1.00. The van der Waals surface area contributed by atoms with Crippen molar-refractivity contribution in [2.75, 3.05) is 16.8 Å². The van der Waals surface area contributed by atoms with Crippen LogP contribution in [0.3, 0.4) is 0 Å². The summed E-state index contributed by atoms with van der Waals surface area (Å²) >= 11 is 0. The Hall–Kier alpha value is -3.68. The molecule has 0 aromatic heterocycles. The number of para-hydroxylation sites is 1. The summed E-state index contributed by atoms with van der Waals surface area (Å²) in [6, 6.07) is 14.6. The fraction of sp³-hybridized carbons (Fsp3) is 0.200. The number of benzene rings is 2. The molecule has 8 heteroatoms. The van der Waals surface area contributed by atoms with Gasteiger partial charge in [0.05, 0.1) is 11.5 Å². The molecule has 2 aromatic rings. The van der Waals surface area contributed by atoms with Crippen molar-refractivity contribution in [2.24, 2.45) is 0 Å². The second-order valence-electron chi connectivity index (χ2n) is 6.33. The number of rotatable bonds is 6. The van der Waals surface area contributed by atoms with Gasteiger partial charge in [0.25, 0.3) is 11.6 Å². The minimum atomic E-state index is -1.35. The lowest BCUT2D eigenvalue weighted by molar-refractivity contribution is -0.384. The Morgan fingerprint density at radius 3 is 2.57 bits per heavy atom. The number of amides is 1. The average molecular weight is 381 g/mol. The van der Waals surface area contributed by atoms with Crippen molar-refractivity contribution in [3.63, 3.8) is 0 Å². The van der Waals surface area contributed by atoms with Gasteiger partial charge < -0.3 is 10.1 Å². The number of nitrogens with one attached hydrogen (secondary N) is 1.